The summed E-state index contributed by atoms with van der Waals surface area (Å²) in [5.74, 6) is -1.11. The van der Waals surface area contributed by atoms with Crippen LogP contribution in [-0.2, 0) is 11.4 Å². The molecule has 0 fully saturated rings. The maximum atomic E-state index is 13.3. The van der Waals surface area contributed by atoms with Gasteiger partial charge in [0.25, 0.3) is 5.91 Å². The fourth-order valence-electron chi connectivity index (χ4n) is 2.67. The van der Waals surface area contributed by atoms with E-state index < -0.39 is 5.91 Å². The topological polar surface area (TPSA) is 87.7 Å². The Morgan fingerprint density at radius 1 is 1.03 bits per heavy atom. The van der Waals surface area contributed by atoms with Gasteiger partial charge in [-0.25, -0.2) is 4.39 Å². The average Bonchev–Trinajstić information content (AvgIpc) is 2.74. The number of alkyl halides is 1. The summed E-state index contributed by atoms with van der Waals surface area (Å²) in [6.07, 6.45) is 0. The zero-order chi connectivity index (χ0) is 22.4. The van der Waals surface area contributed by atoms with Crippen LogP contribution in [0, 0.1) is 5.82 Å². The van der Waals surface area contributed by atoms with Crippen LogP contribution in [0.3, 0.4) is 0 Å². The third kappa shape index (κ3) is 6.19. The number of nitrogens with one attached hydrogen (secondary N) is 2. The molecule has 0 aliphatic rings. The van der Waals surface area contributed by atoms with Gasteiger partial charge in [-0.05, 0) is 54.1 Å². The van der Waals surface area contributed by atoms with E-state index >= 15 is 0 Å². The van der Waals surface area contributed by atoms with Gasteiger partial charge in [-0.15, -0.1) is 0 Å². The second-order valence-corrected chi connectivity index (χ2v) is 7.40. The number of hydrogen-bond acceptors (Lipinski definition) is 4. The molecule has 0 spiro atoms. The molecule has 3 N–H and O–H groups in total. The number of benzene rings is 3. The Morgan fingerprint density at radius 2 is 1.77 bits per heavy atom. The highest BCUT2D eigenvalue weighted by Gasteiger charge is 2.14. The van der Waals surface area contributed by atoms with E-state index in [2.05, 4.69) is 26.6 Å². The van der Waals surface area contributed by atoms with Crippen LogP contribution in [0.4, 0.5) is 15.8 Å². The lowest BCUT2D eigenvalue weighted by Crippen LogP contribution is -2.15. The summed E-state index contributed by atoms with van der Waals surface area (Å²) in [5.41, 5.74) is 1.37. The van der Waals surface area contributed by atoms with Gasteiger partial charge in [-0.1, -0.05) is 39.7 Å². The zero-order valence-electron chi connectivity index (χ0n) is 16.0. The van der Waals surface area contributed by atoms with Crippen molar-refractivity contribution in [1.82, 2.24) is 0 Å². The number of halogens is 3. The lowest BCUT2D eigenvalue weighted by Gasteiger charge is -2.12. The van der Waals surface area contributed by atoms with Gasteiger partial charge < -0.3 is 20.5 Å². The molecule has 0 atom stereocenters. The maximum Gasteiger partial charge on any atom is 0.259 e. The molecule has 6 nitrogen and oxygen atoms in total. The minimum atomic E-state index is -0.586. The van der Waals surface area contributed by atoms with Gasteiger partial charge >= 0.3 is 0 Å². The van der Waals surface area contributed by atoms with E-state index in [1.165, 1.54) is 36.4 Å². The van der Waals surface area contributed by atoms with E-state index in [0.29, 0.717) is 22.7 Å². The Hall–Kier alpha value is -3.10. The number of phenolic OH excluding ortho intramolecular Hbond substituents is 1. The zero-order valence-corrected chi connectivity index (χ0v) is 18.3. The number of aromatic hydroxyl groups is 1. The molecular formula is C22H17BrClFN2O4. The van der Waals surface area contributed by atoms with Crippen molar-refractivity contribution in [2.45, 2.75) is 6.61 Å². The third-order valence-corrected chi connectivity index (χ3v) is 4.92. The molecule has 3 rings (SSSR count). The van der Waals surface area contributed by atoms with E-state index in [-0.39, 0.29) is 40.0 Å². The smallest absolute Gasteiger partial charge is 0.259 e. The first-order valence-electron chi connectivity index (χ1n) is 9.02. The molecule has 0 radical (unpaired) electrons. The number of hydrogen-bond donors (Lipinski definition) is 3. The minimum absolute atomic E-state index is 0.0186. The highest BCUT2D eigenvalue weighted by atomic mass is 79.9. The average molecular weight is 508 g/mol. The second-order valence-electron chi connectivity index (χ2n) is 6.43. The highest BCUT2D eigenvalue weighted by Crippen LogP contribution is 2.29. The molecule has 0 aromatic heterocycles. The van der Waals surface area contributed by atoms with E-state index in [1.807, 2.05) is 0 Å². The summed E-state index contributed by atoms with van der Waals surface area (Å²) < 4.78 is 18.9. The Morgan fingerprint density at radius 3 is 2.48 bits per heavy atom. The first-order chi connectivity index (χ1) is 14.9. The molecule has 0 aliphatic carbocycles. The standard InChI is InChI=1S/C22H17BrClFN2O4/c23-11-21(29)26-15-4-6-19(28)17(9-15)22(30)27-16-5-7-20(18(24)10-16)31-12-13-2-1-3-14(25)8-13/h1-10,28H,11-12H2,(H,26,29)(H,27,30). The van der Waals surface area contributed by atoms with E-state index in [0.717, 1.165) is 0 Å². The van der Waals surface area contributed by atoms with Crippen LogP contribution >= 0.6 is 27.5 Å². The van der Waals surface area contributed by atoms with E-state index in [4.69, 9.17) is 16.3 Å². The van der Waals surface area contributed by atoms with Crippen molar-refractivity contribution in [1.29, 1.82) is 0 Å². The summed E-state index contributed by atoms with van der Waals surface area (Å²) >= 11 is 9.27. The molecular weight excluding hydrogens is 491 g/mol. The monoisotopic (exact) mass is 506 g/mol. The van der Waals surface area contributed by atoms with Crippen molar-refractivity contribution in [2.75, 3.05) is 16.0 Å². The van der Waals surface area contributed by atoms with Gasteiger partial charge in [0.15, 0.2) is 0 Å². The van der Waals surface area contributed by atoms with Crippen LogP contribution in [0.5, 0.6) is 11.5 Å². The summed E-state index contributed by atoms with van der Waals surface area (Å²) in [5, 5.41) is 15.6. The molecule has 31 heavy (non-hydrogen) atoms. The maximum absolute atomic E-state index is 13.3. The first kappa shape index (κ1) is 22.6. The molecule has 3 aromatic rings. The number of ether oxygens (including phenoxy) is 1. The number of amides is 2. The summed E-state index contributed by atoms with van der Waals surface area (Å²) in [6, 6.07) is 14.8. The van der Waals surface area contributed by atoms with Crippen LogP contribution < -0.4 is 15.4 Å². The van der Waals surface area contributed by atoms with E-state index in [1.54, 1.807) is 24.3 Å². The van der Waals surface area contributed by atoms with Crippen LogP contribution in [-0.4, -0.2) is 22.3 Å². The largest absolute Gasteiger partial charge is 0.507 e. The Bertz CT molecular complexity index is 1130. The summed E-state index contributed by atoms with van der Waals surface area (Å²) in [7, 11) is 0. The van der Waals surface area contributed by atoms with Crippen molar-refractivity contribution < 1.29 is 23.8 Å². The predicted octanol–water partition coefficient (Wildman–Crippen LogP) is 5.35. The third-order valence-electron chi connectivity index (χ3n) is 4.12. The first-order valence-corrected chi connectivity index (χ1v) is 10.5. The van der Waals surface area contributed by atoms with Gasteiger partial charge in [0, 0.05) is 11.4 Å². The van der Waals surface area contributed by atoms with Crippen molar-refractivity contribution in [3.05, 3.63) is 82.6 Å². The summed E-state index contributed by atoms with van der Waals surface area (Å²) in [4.78, 5) is 24.1. The Balaban J connectivity index is 1.68. The van der Waals surface area contributed by atoms with Crippen LogP contribution in [0.2, 0.25) is 5.02 Å². The van der Waals surface area contributed by atoms with Gasteiger partial charge in [0.2, 0.25) is 5.91 Å². The number of carbonyl (C=O) groups is 2. The molecule has 3 aromatic carbocycles. The fourth-order valence-corrected chi connectivity index (χ4v) is 3.05. The second kappa shape index (κ2) is 10.3. The van der Waals surface area contributed by atoms with Gasteiger partial charge in [-0.3, -0.25) is 9.59 Å². The van der Waals surface area contributed by atoms with Crippen LogP contribution in [0.15, 0.2) is 60.7 Å². The number of phenols is 1. The molecule has 0 aliphatic heterocycles. The number of carbonyl (C=O) groups excluding carboxylic acids is 2. The Labute approximate surface area is 191 Å². The number of rotatable bonds is 7. The molecule has 9 heteroatoms. The molecule has 0 bridgehead atoms. The quantitative estimate of drug-likeness (QED) is 0.297. The van der Waals surface area contributed by atoms with Gasteiger partial charge in [-0.2, -0.15) is 0 Å². The minimum Gasteiger partial charge on any atom is -0.507 e. The normalized spacial score (nSPS) is 10.4. The Kier molecular flexibility index (Phi) is 7.49. The summed E-state index contributed by atoms with van der Waals surface area (Å²) in [6.45, 7) is 0.129. The molecule has 0 heterocycles. The molecule has 0 saturated heterocycles. The van der Waals surface area contributed by atoms with Crippen molar-refractivity contribution in [2.24, 2.45) is 0 Å². The van der Waals surface area contributed by atoms with Crippen molar-refractivity contribution in [3.63, 3.8) is 0 Å². The lowest BCUT2D eigenvalue weighted by atomic mass is 10.1. The molecule has 160 valence electrons. The van der Waals surface area contributed by atoms with Gasteiger partial charge in [0.1, 0.15) is 23.9 Å². The fraction of sp³-hybridized carbons (Fsp3) is 0.0909. The lowest BCUT2D eigenvalue weighted by molar-refractivity contribution is -0.113. The number of anilines is 2. The van der Waals surface area contributed by atoms with Crippen LogP contribution in [0.1, 0.15) is 15.9 Å². The molecule has 2 amide bonds. The van der Waals surface area contributed by atoms with E-state index in [9.17, 15) is 19.1 Å². The van der Waals surface area contributed by atoms with Crippen molar-refractivity contribution >= 4 is 50.7 Å². The van der Waals surface area contributed by atoms with Gasteiger partial charge in [0.05, 0.1) is 15.9 Å². The molecule has 0 unspecified atom stereocenters. The van der Waals surface area contributed by atoms with Crippen LogP contribution in [0.25, 0.3) is 0 Å². The highest BCUT2D eigenvalue weighted by molar-refractivity contribution is 9.09. The predicted molar refractivity (Wildman–Crippen MR) is 121 cm³/mol. The SMILES string of the molecule is O=C(CBr)Nc1ccc(O)c(C(=O)Nc2ccc(OCc3cccc(F)c3)c(Cl)c2)c1. The van der Waals surface area contributed by atoms with Crippen molar-refractivity contribution in [3.8, 4) is 11.5 Å². The molecule has 0 saturated carbocycles.